The minimum absolute atomic E-state index is 1.17. The maximum atomic E-state index is 3.79. The molecule has 0 saturated carbocycles. The van der Waals surface area contributed by atoms with Crippen LogP contribution in [0.5, 0.6) is 0 Å². The molecule has 0 bridgehead atoms. The van der Waals surface area contributed by atoms with E-state index in [1.165, 1.54) is 16.7 Å². The Balaban J connectivity index is 2.71. The van der Waals surface area contributed by atoms with Gasteiger partial charge in [-0.05, 0) is 28.8 Å². The van der Waals surface area contributed by atoms with E-state index in [4.69, 9.17) is 0 Å². The molecule has 1 aromatic rings. The SMILES string of the molecule is C=Cc1cccc2c1C=CC=C=C2. The Labute approximate surface area is 78.2 Å². The molecular formula is C13H10. The Morgan fingerprint density at radius 3 is 3.08 bits per heavy atom. The van der Waals surface area contributed by atoms with Crippen LogP contribution in [0.1, 0.15) is 16.7 Å². The number of allylic oxidation sites excluding steroid dienone is 2. The van der Waals surface area contributed by atoms with Crippen LogP contribution in [-0.4, -0.2) is 0 Å². The van der Waals surface area contributed by atoms with Crippen molar-refractivity contribution < 1.29 is 0 Å². The summed E-state index contributed by atoms with van der Waals surface area (Å²) >= 11 is 0. The van der Waals surface area contributed by atoms with Crippen LogP contribution in [0.25, 0.3) is 18.2 Å². The van der Waals surface area contributed by atoms with Crippen molar-refractivity contribution in [3.8, 4) is 0 Å². The van der Waals surface area contributed by atoms with Crippen molar-refractivity contribution in [1.82, 2.24) is 0 Å². The van der Waals surface area contributed by atoms with Gasteiger partial charge in [0.1, 0.15) is 0 Å². The Morgan fingerprint density at radius 2 is 2.23 bits per heavy atom. The maximum Gasteiger partial charge on any atom is -0.0101 e. The second-order valence-corrected chi connectivity index (χ2v) is 2.89. The minimum atomic E-state index is 1.17. The third-order valence-corrected chi connectivity index (χ3v) is 2.09. The van der Waals surface area contributed by atoms with Crippen LogP contribution in [0.3, 0.4) is 0 Å². The summed E-state index contributed by atoms with van der Waals surface area (Å²) in [6.07, 6.45) is 9.86. The average molecular weight is 166 g/mol. The molecule has 1 aromatic carbocycles. The molecule has 1 aliphatic carbocycles. The van der Waals surface area contributed by atoms with Gasteiger partial charge in [-0.25, -0.2) is 0 Å². The Kier molecular flexibility index (Phi) is 1.99. The zero-order chi connectivity index (χ0) is 9.10. The van der Waals surface area contributed by atoms with E-state index in [9.17, 15) is 0 Å². The minimum Gasteiger partial charge on any atom is -0.120 e. The van der Waals surface area contributed by atoms with E-state index in [-0.39, 0.29) is 0 Å². The number of hydrogen-bond donors (Lipinski definition) is 0. The molecule has 0 heteroatoms. The van der Waals surface area contributed by atoms with Gasteiger partial charge in [-0.1, -0.05) is 43.0 Å². The van der Waals surface area contributed by atoms with Gasteiger partial charge in [0.25, 0.3) is 0 Å². The lowest BCUT2D eigenvalue weighted by Gasteiger charge is -2.03. The standard InChI is InChI=1S/C13H10/c1-2-11-8-6-9-12-7-4-3-5-10-13(11)12/h2-3,5-10H,1H2. The van der Waals surface area contributed by atoms with E-state index >= 15 is 0 Å². The van der Waals surface area contributed by atoms with Crippen LogP contribution >= 0.6 is 0 Å². The molecule has 0 aromatic heterocycles. The largest absolute Gasteiger partial charge is 0.120 e. The fourth-order valence-corrected chi connectivity index (χ4v) is 1.44. The van der Waals surface area contributed by atoms with Gasteiger partial charge in [-0.15, -0.1) is 5.73 Å². The van der Waals surface area contributed by atoms with Gasteiger partial charge in [-0.2, -0.15) is 0 Å². The van der Waals surface area contributed by atoms with Crippen LogP contribution < -0.4 is 0 Å². The van der Waals surface area contributed by atoms with E-state index < -0.39 is 0 Å². The molecule has 0 heterocycles. The van der Waals surface area contributed by atoms with Crippen molar-refractivity contribution in [2.24, 2.45) is 0 Å². The molecule has 0 saturated heterocycles. The van der Waals surface area contributed by atoms with Crippen LogP contribution in [0.2, 0.25) is 0 Å². The number of rotatable bonds is 1. The van der Waals surface area contributed by atoms with Crippen LogP contribution in [0.15, 0.2) is 42.7 Å². The van der Waals surface area contributed by atoms with E-state index in [0.717, 1.165) is 0 Å². The lowest BCUT2D eigenvalue weighted by Crippen LogP contribution is -1.84. The van der Waals surface area contributed by atoms with Gasteiger partial charge in [0.15, 0.2) is 0 Å². The summed E-state index contributed by atoms with van der Waals surface area (Å²) in [5.41, 5.74) is 6.67. The molecule has 0 aliphatic heterocycles. The molecule has 0 spiro atoms. The summed E-state index contributed by atoms with van der Waals surface area (Å²) in [6.45, 7) is 3.79. The second kappa shape index (κ2) is 3.30. The highest BCUT2D eigenvalue weighted by molar-refractivity contribution is 5.75. The molecule has 0 nitrogen and oxygen atoms in total. The smallest absolute Gasteiger partial charge is 0.0101 e. The van der Waals surface area contributed by atoms with Crippen molar-refractivity contribution in [3.63, 3.8) is 0 Å². The van der Waals surface area contributed by atoms with Gasteiger partial charge in [0.2, 0.25) is 0 Å². The van der Waals surface area contributed by atoms with E-state index in [1.807, 2.05) is 30.4 Å². The Morgan fingerprint density at radius 1 is 1.31 bits per heavy atom. The monoisotopic (exact) mass is 166 g/mol. The molecule has 62 valence electrons. The highest BCUT2D eigenvalue weighted by Crippen LogP contribution is 2.20. The molecule has 13 heavy (non-hydrogen) atoms. The molecule has 0 unspecified atom stereocenters. The normalized spacial score (nSPS) is 12.3. The quantitative estimate of drug-likeness (QED) is 0.560. The lowest BCUT2D eigenvalue weighted by atomic mass is 10.0. The van der Waals surface area contributed by atoms with E-state index in [0.29, 0.717) is 0 Å². The van der Waals surface area contributed by atoms with Gasteiger partial charge < -0.3 is 0 Å². The topological polar surface area (TPSA) is 0 Å². The van der Waals surface area contributed by atoms with Crippen LogP contribution in [-0.2, 0) is 0 Å². The summed E-state index contributed by atoms with van der Waals surface area (Å²) < 4.78 is 0. The van der Waals surface area contributed by atoms with E-state index in [1.54, 1.807) is 0 Å². The molecular weight excluding hydrogens is 156 g/mol. The number of fused-ring (bicyclic) bond motifs is 1. The van der Waals surface area contributed by atoms with Crippen molar-refractivity contribution >= 4 is 18.2 Å². The second-order valence-electron chi connectivity index (χ2n) is 2.89. The first kappa shape index (κ1) is 7.85. The molecule has 0 N–H and O–H groups in total. The number of hydrogen-bond acceptors (Lipinski definition) is 0. The van der Waals surface area contributed by atoms with Crippen molar-refractivity contribution in [2.45, 2.75) is 0 Å². The van der Waals surface area contributed by atoms with Gasteiger partial charge in [0.05, 0.1) is 0 Å². The fourth-order valence-electron chi connectivity index (χ4n) is 1.44. The van der Waals surface area contributed by atoms with Gasteiger partial charge >= 0.3 is 0 Å². The Hall–Kier alpha value is -1.78. The van der Waals surface area contributed by atoms with Gasteiger partial charge in [-0.3, -0.25) is 0 Å². The highest BCUT2D eigenvalue weighted by atomic mass is 14.0. The molecule has 2 rings (SSSR count). The van der Waals surface area contributed by atoms with Crippen molar-refractivity contribution in [3.05, 3.63) is 59.4 Å². The van der Waals surface area contributed by atoms with Crippen LogP contribution in [0, 0.1) is 0 Å². The lowest BCUT2D eigenvalue weighted by molar-refractivity contribution is 1.58. The van der Waals surface area contributed by atoms with Crippen molar-refractivity contribution in [2.75, 3.05) is 0 Å². The van der Waals surface area contributed by atoms with Gasteiger partial charge in [0, 0.05) is 0 Å². The molecule has 0 amide bonds. The molecule has 1 aliphatic rings. The zero-order valence-corrected chi connectivity index (χ0v) is 7.33. The average Bonchev–Trinajstić information content (AvgIpc) is 2.41. The molecule has 0 atom stereocenters. The Bertz CT molecular complexity index is 427. The molecule has 0 fully saturated rings. The first-order valence-corrected chi connectivity index (χ1v) is 4.26. The first-order valence-electron chi connectivity index (χ1n) is 4.26. The summed E-state index contributed by atoms with van der Waals surface area (Å²) in [5.74, 6) is 0. The van der Waals surface area contributed by atoms with Crippen LogP contribution in [0.4, 0.5) is 0 Å². The summed E-state index contributed by atoms with van der Waals surface area (Å²) in [6, 6.07) is 6.18. The zero-order valence-electron chi connectivity index (χ0n) is 7.33. The first-order chi connectivity index (χ1) is 6.42. The summed E-state index contributed by atoms with van der Waals surface area (Å²) in [7, 11) is 0. The predicted molar refractivity (Wildman–Crippen MR) is 58.1 cm³/mol. The number of benzene rings is 1. The highest BCUT2D eigenvalue weighted by Gasteiger charge is 2.00. The third kappa shape index (κ3) is 1.40. The maximum absolute atomic E-state index is 3.79. The summed E-state index contributed by atoms with van der Waals surface area (Å²) in [4.78, 5) is 0. The third-order valence-electron chi connectivity index (χ3n) is 2.09. The predicted octanol–water partition coefficient (Wildman–Crippen LogP) is 3.52. The molecule has 0 radical (unpaired) electrons. The van der Waals surface area contributed by atoms with E-state index in [2.05, 4.69) is 30.5 Å². The fraction of sp³-hybridized carbons (Fsp3) is 0. The summed E-state index contributed by atoms with van der Waals surface area (Å²) in [5, 5.41) is 0. The van der Waals surface area contributed by atoms with Crippen molar-refractivity contribution in [1.29, 1.82) is 0 Å².